The molecule has 0 spiro atoms. The fraction of sp³-hybridized carbons (Fsp3) is 0.333. The van der Waals surface area contributed by atoms with E-state index in [2.05, 4.69) is 20.4 Å². The number of nitrogens with zero attached hydrogens (tertiary/aromatic N) is 5. The van der Waals surface area contributed by atoms with Gasteiger partial charge in [0.25, 0.3) is 5.71 Å². The molecule has 14 heteroatoms. The van der Waals surface area contributed by atoms with Gasteiger partial charge in [-0.2, -0.15) is 31.3 Å². The molecule has 41 heavy (non-hydrogen) atoms. The van der Waals surface area contributed by atoms with Crippen molar-refractivity contribution < 1.29 is 35.7 Å². The number of alkyl halides is 6. The quantitative estimate of drug-likeness (QED) is 0.268. The zero-order valence-electron chi connectivity index (χ0n) is 21.7. The Morgan fingerprint density at radius 2 is 1.68 bits per heavy atom. The number of carbonyl (C=O) groups excluding carboxylic acids is 1. The summed E-state index contributed by atoms with van der Waals surface area (Å²) in [5.41, 5.74) is -1.70. The minimum absolute atomic E-state index is 0.120. The van der Waals surface area contributed by atoms with E-state index in [-0.39, 0.29) is 48.8 Å². The summed E-state index contributed by atoms with van der Waals surface area (Å²) in [6.07, 6.45) is -7.94. The van der Waals surface area contributed by atoms with Crippen LogP contribution >= 0.6 is 0 Å². The summed E-state index contributed by atoms with van der Waals surface area (Å²) in [7, 11) is 0. The van der Waals surface area contributed by atoms with Crippen LogP contribution in [0.5, 0.6) is 0 Å². The van der Waals surface area contributed by atoms with E-state index in [1.165, 1.54) is 35.2 Å². The molecular weight excluding hydrogens is 554 g/mol. The van der Waals surface area contributed by atoms with E-state index in [0.717, 1.165) is 24.6 Å². The van der Waals surface area contributed by atoms with Crippen molar-refractivity contribution in [2.75, 3.05) is 36.4 Å². The topological polar surface area (TPSA) is 87.4 Å². The lowest BCUT2D eigenvalue weighted by Gasteiger charge is -2.35. The molecule has 2 amide bonds. The molecule has 2 aromatic carbocycles. The third-order valence-electron chi connectivity index (χ3n) is 6.64. The third kappa shape index (κ3) is 5.91. The lowest BCUT2D eigenvalue weighted by molar-refractivity contribution is -0.138. The maximum atomic E-state index is 13.4. The summed E-state index contributed by atoms with van der Waals surface area (Å²) in [5, 5.41) is 6.71. The van der Waals surface area contributed by atoms with Crippen LogP contribution in [-0.2, 0) is 18.8 Å². The SMILES string of the molecule is CCCc1nc(N2CCN(C(=O)Nc3ccccc3C(F)(F)F)CC2)c2c(-c3cccc(C(F)(F)F)c3)noc2n1. The Morgan fingerprint density at radius 1 is 0.951 bits per heavy atom. The minimum Gasteiger partial charge on any atom is -0.352 e. The number of hydrogen-bond acceptors (Lipinski definition) is 6. The number of nitrogens with one attached hydrogen (secondary N) is 1. The summed E-state index contributed by atoms with van der Waals surface area (Å²) in [6, 6.07) is 8.73. The highest BCUT2D eigenvalue weighted by atomic mass is 19.4. The van der Waals surface area contributed by atoms with E-state index in [1.807, 2.05) is 11.8 Å². The van der Waals surface area contributed by atoms with Crippen molar-refractivity contribution in [1.82, 2.24) is 20.0 Å². The average Bonchev–Trinajstić information content (AvgIpc) is 3.36. The number of piperazine rings is 1. The van der Waals surface area contributed by atoms with Gasteiger partial charge in [0.05, 0.1) is 16.8 Å². The first-order chi connectivity index (χ1) is 19.5. The van der Waals surface area contributed by atoms with E-state index in [0.29, 0.717) is 23.4 Å². The van der Waals surface area contributed by atoms with Gasteiger partial charge in [-0.1, -0.05) is 36.3 Å². The summed E-state index contributed by atoms with van der Waals surface area (Å²) in [4.78, 5) is 25.1. The summed E-state index contributed by atoms with van der Waals surface area (Å²) >= 11 is 0. The molecular formula is C27H24F6N6O2. The highest BCUT2D eigenvalue weighted by Gasteiger charge is 2.35. The minimum atomic E-state index is -4.63. The first-order valence-corrected chi connectivity index (χ1v) is 12.8. The van der Waals surface area contributed by atoms with Gasteiger partial charge >= 0.3 is 18.4 Å². The Balaban J connectivity index is 1.42. The summed E-state index contributed by atoms with van der Waals surface area (Å²) < 4.78 is 85.6. The number of aromatic nitrogens is 3. The van der Waals surface area contributed by atoms with Crippen molar-refractivity contribution in [2.24, 2.45) is 0 Å². The van der Waals surface area contributed by atoms with E-state index >= 15 is 0 Å². The molecule has 5 rings (SSSR count). The molecule has 0 unspecified atom stereocenters. The van der Waals surface area contributed by atoms with Crippen molar-refractivity contribution in [3.05, 3.63) is 65.5 Å². The van der Waals surface area contributed by atoms with Crippen molar-refractivity contribution in [3.8, 4) is 11.3 Å². The van der Waals surface area contributed by atoms with E-state index in [9.17, 15) is 31.1 Å². The van der Waals surface area contributed by atoms with Gasteiger partial charge in [0.15, 0.2) is 0 Å². The van der Waals surface area contributed by atoms with Gasteiger partial charge in [0.1, 0.15) is 22.7 Å². The van der Waals surface area contributed by atoms with Crippen LogP contribution in [0.2, 0.25) is 0 Å². The molecule has 1 saturated heterocycles. The second kappa shape index (κ2) is 10.9. The van der Waals surface area contributed by atoms with Gasteiger partial charge in [0.2, 0.25) is 0 Å². The molecule has 0 aliphatic carbocycles. The molecule has 1 N–H and O–H groups in total. The fourth-order valence-corrected chi connectivity index (χ4v) is 4.64. The Morgan fingerprint density at radius 3 is 2.37 bits per heavy atom. The number of aryl methyl sites for hydroxylation is 1. The van der Waals surface area contributed by atoms with E-state index in [1.54, 1.807) is 0 Å². The number of benzene rings is 2. The predicted molar refractivity (Wildman–Crippen MR) is 138 cm³/mol. The van der Waals surface area contributed by atoms with Crippen LogP contribution < -0.4 is 10.2 Å². The average molecular weight is 579 g/mol. The number of rotatable bonds is 5. The van der Waals surface area contributed by atoms with Gasteiger partial charge in [-0.3, -0.25) is 0 Å². The number of carbonyl (C=O) groups is 1. The molecule has 0 radical (unpaired) electrons. The Bertz CT molecular complexity index is 1560. The highest BCUT2D eigenvalue weighted by molar-refractivity contribution is 5.98. The zero-order valence-corrected chi connectivity index (χ0v) is 21.7. The fourth-order valence-electron chi connectivity index (χ4n) is 4.64. The molecule has 216 valence electrons. The van der Waals surface area contributed by atoms with Crippen LogP contribution in [0.4, 0.5) is 42.6 Å². The monoisotopic (exact) mass is 578 g/mol. The van der Waals surface area contributed by atoms with Crippen LogP contribution in [0.1, 0.15) is 30.3 Å². The first kappa shape index (κ1) is 28.2. The maximum Gasteiger partial charge on any atom is 0.418 e. The van der Waals surface area contributed by atoms with Gasteiger partial charge < -0.3 is 19.6 Å². The smallest absolute Gasteiger partial charge is 0.352 e. The van der Waals surface area contributed by atoms with E-state index < -0.39 is 29.5 Å². The van der Waals surface area contributed by atoms with Crippen molar-refractivity contribution in [1.29, 1.82) is 0 Å². The van der Waals surface area contributed by atoms with Gasteiger partial charge in [-0.15, -0.1) is 0 Å². The molecule has 1 aliphatic heterocycles. The number of hydrogen-bond donors (Lipinski definition) is 1. The molecule has 0 atom stereocenters. The largest absolute Gasteiger partial charge is 0.418 e. The first-order valence-electron chi connectivity index (χ1n) is 12.8. The maximum absolute atomic E-state index is 13.4. The summed E-state index contributed by atoms with van der Waals surface area (Å²) in [6.45, 7) is 2.74. The molecule has 1 aliphatic rings. The molecule has 0 bridgehead atoms. The van der Waals surface area contributed by atoms with Crippen molar-refractivity contribution in [3.63, 3.8) is 0 Å². The number of fused-ring (bicyclic) bond motifs is 1. The lowest BCUT2D eigenvalue weighted by Crippen LogP contribution is -2.50. The Labute approximate surface area is 229 Å². The van der Waals surface area contributed by atoms with Crippen LogP contribution in [0.3, 0.4) is 0 Å². The number of anilines is 2. The lowest BCUT2D eigenvalue weighted by atomic mass is 10.1. The van der Waals surface area contributed by atoms with E-state index in [4.69, 9.17) is 4.52 Å². The van der Waals surface area contributed by atoms with Gasteiger partial charge in [-0.05, 0) is 30.7 Å². The standard InChI is InChI=1S/C27H24F6N6O2/c1-2-6-20-35-23(21-22(37-41-24(21)36-20)16-7-5-8-17(15-16)26(28,29)30)38-11-13-39(14-12-38)25(40)34-19-10-4-3-9-18(19)27(31,32)33/h3-5,7-10,15H,2,6,11-14H2,1H3,(H,34,40). The number of amides is 2. The summed E-state index contributed by atoms with van der Waals surface area (Å²) in [5.74, 6) is 0.861. The van der Waals surface area contributed by atoms with Crippen molar-refractivity contribution in [2.45, 2.75) is 32.1 Å². The van der Waals surface area contributed by atoms with Crippen LogP contribution in [0, 0.1) is 0 Å². The molecule has 3 heterocycles. The number of urea groups is 1. The van der Waals surface area contributed by atoms with Crippen molar-refractivity contribution >= 4 is 28.6 Å². The van der Waals surface area contributed by atoms with Gasteiger partial charge in [0, 0.05) is 38.2 Å². The highest BCUT2D eigenvalue weighted by Crippen LogP contribution is 2.38. The molecule has 2 aromatic heterocycles. The molecule has 1 fully saturated rings. The third-order valence-corrected chi connectivity index (χ3v) is 6.64. The molecule has 0 saturated carbocycles. The molecule has 8 nitrogen and oxygen atoms in total. The number of halogens is 6. The predicted octanol–water partition coefficient (Wildman–Crippen LogP) is 6.63. The van der Waals surface area contributed by atoms with Crippen LogP contribution in [0.25, 0.3) is 22.4 Å². The van der Waals surface area contributed by atoms with Crippen LogP contribution in [-0.4, -0.2) is 52.2 Å². The molecule has 4 aromatic rings. The van der Waals surface area contributed by atoms with Gasteiger partial charge in [-0.25, -0.2) is 9.78 Å². The second-order valence-electron chi connectivity index (χ2n) is 9.45. The second-order valence-corrected chi connectivity index (χ2v) is 9.45. The Kier molecular flexibility index (Phi) is 7.49. The number of para-hydroxylation sites is 1. The normalized spacial score (nSPS) is 14.5. The van der Waals surface area contributed by atoms with Crippen LogP contribution in [0.15, 0.2) is 53.1 Å². The Hall–Kier alpha value is -4.36. The zero-order chi connectivity index (χ0) is 29.4.